The van der Waals surface area contributed by atoms with Gasteiger partial charge in [0, 0.05) is 25.3 Å². The van der Waals surface area contributed by atoms with Crippen LogP contribution in [0.5, 0.6) is 0 Å². The molecule has 1 aromatic rings. The lowest BCUT2D eigenvalue weighted by molar-refractivity contribution is -0.117. The van der Waals surface area contributed by atoms with Gasteiger partial charge in [0.25, 0.3) is 0 Å². The molecule has 3 rings (SSSR count). The van der Waals surface area contributed by atoms with E-state index >= 15 is 0 Å². The summed E-state index contributed by atoms with van der Waals surface area (Å²) in [7, 11) is -6.68. The van der Waals surface area contributed by atoms with Crippen LogP contribution in [0.15, 0.2) is 28.3 Å². The van der Waals surface area contributed by atoms with Crippen LogP contribution in [0, 0.1) is 0 Å². The second-order valence-electron chi connectivity index (χ2n) is 7.21. The first kappa shape index (κ1) is 23.0. The van der Waals surface area contributed by atoms with Crippen LogP contribution in [0.3, 0.4) is 0 Å². The molecule has 0 bridgehead atoms. The van der Waals surface area contributed by atoms with E-state index in [0.29, 0.717) is 24.5 Å². The fraction of sp³-hybridized carbons (Fsp3) is 0.588. The summed E-state index contributed by atoms with van der Waals surface area (Å²) in [6, 6.07) is 1.76. The van der Waals surface area contributed by atoms with Crippen molar-refractivity contribution in [1.82, 2.24) is 19.9 Å². The molecule has 1 aromatic heterocycles. The Hall–Kier alpha value is -1.70. The number of carbonyl (C=O) groups is 2. The minimum absolute atomic E-state index is 0.0247. The summed E-state index contributed by atoms with van der Waals surface area (Å²) in [6.45, 7) is 1.02. The van der Waals surface area contributed by atoms with Gasteiger partial charge in [-0.3, -0.25) is 10.1 Å². The molecule has 13 heteroatoms. The summed E-state index contributed by atoms with van der Waals surface area (Å²) in [6.07, 6.45) is 4.33. The summed E-state index contributed by atoms with van der Waals surface area (Å²) in [5.74, 6) is -0.761. The maximum absolute atomic E-state index is 12.6. The fourth-order valence-electron chi connectivity index (χ4n) is 3.29. The molecule has 1 unspecified atom stereocenters. The molecular formula is C17H24N4O6S3. The van der Waals surface area contributed by atoms with E-state index in [0.717, 1.165) is 31.0 Å². The Morgan fingerprint density at radius 1 is 1.20 bits per heavy atom. The van der Waals surface area contributed by atoms with Crippen molar-refractivity contribution in [3.8, 4) is 0 Å². The highest BCUT2D eigenvalue weighted by Crippen LogP contribution is 2.22. The molecule has 0 saturated carbocycles. The lowest BCUT2D eigenvalue weighted by Gasteiger charge is -2.25. The number of thioether (sulfide) groups is 1. The molecule has 1 atom stereocenters. The topological polar surface area (TPSA) is 143 Å². The van der Waals surface area contributed by atoms with Gasteiger partial charge in [-0.15, -0.1) is 0 Å². The predicted octanol–water partition coefficient (Wildman–Crippen LogP) is 0.361. The number of carbonyl (C=O) groups excluding carboxylic acids is 2. The Bertz CT molecular complexity index is 989. The van der Waals surface area contributed by atoms with Crippen LogP contribution in [-0.2, 0) is 24.7 Å². The van der Waals surface area contributed by atoms with Crippen molar-refractivity contribution >= 4 is 43.6 Å². The van der Waals surface area contributed by atoms with Gasteiger partial charge in [0.15, 0.2) is 9.84 Å². The average molecular weight is 477 g/mol. The number of rotatable bonds is 6. The first-order valence-electron chi connectivity index (χ1n) is 9.55. The highest BCUT2D eigenvalue weighted by molar-refractivity contribution is 7.99. The molecule has 166 valence electrons. The van der Waals surface area contributed by atoms with E-state index in [4.69, 9.17) is 0 Å². The molecule has 3 amide bonds. The van der Waals surface area contributed by atoms with E-state index in [2.05, 4.69) is 15.6 Å². The minimum Gasteiger partial charge on any atom is -0.334 e. The Labute approximate surface area is 180 Å². The smallest absolute Gasteiger partial charge is 0.321 e. The fourth-order valence-corrected chi connectivity index (χ4v) is 7.07. The number of aromatic nitrogens is 1. The van der Waals surface area contributed by atoms with Crippen LogP contribution in [0.1, 0.15) is 25.7 Å². The van der Waals surface area contributed by atoms with Gasteiger partial charge >= 0.3 is 6.03 Å². The number of nitrogens with one attached hydrogen (secondary N) is 2. The third-order valence-electron chi connectivity index (χ3n) is 4.83. The van der Waals surface area contributed by atoms with Crippen molar-refractivity contribution in [2.75, 3.05) is 30.3 Å². The third-order valence-corrected chi connectivity index (χ3v) is 9.43. The number of sulfonamides is 1. The quantitative estimate of drug-likeness (QED) is 0.561. The van der Waals surface area contributed by atoms with Gasteiger partial charge in [-0.05, 0) is 31.4 Å². The normalized spacial score (nSPS) is 21.8. The molecule has 3 heterocycles. The molecule has 2 aliphatic heterocycles. The zero-order chi connectivity index (χ0) is 21.8. The molecular weight excluding hydrogens is 452 g/mol. The monoisotopic (exact) mass is 476 g/mol. The predicted molar refractivity (Wildman–Crippen MR) is 111 cm³/mol. The molecule has 2 aliphatic rings. The van der Waals surface area contributed by atoms with E-state index in [1.165, 1.54) is 22.6 Å². The maximum Gasteiger partial charge on any atom is 0.321 e. The molecule has 2 saturated heterocycles. The van der Waals surface area contributed by atoms with Crippen molar-refractivity contribution < 1.29 is 26.4 Å². The number of hydrogen-bond donors (Lipinski definition) is 2. The number of sulfone groups is 1. The summed E-state index contributed by atoms with van der Waals surface area (Å²) in [5, 5.41) is 5.07. The lowest BCUT2D eigenvalue weighted by Crippen LogP contribution is -2.45. The van der Waals surface area contributed by atoms with Crippen LogP contribution in [0.25, 0.3) is 0 Å². The highest BCUT2D eigenvalue weighted by atomic mass is 32.2. The Morgan fingerprint density at radius 2 is 1.93 bits per heavy atom. The van der Waals surface area contributed by atoms with Crippen LogP contribution in [0.4, 0.5) is 4.79 Å². The van der Waals surface area contributed by atoms with E-state index < -0.39 is 37.8 Å². The molecule has 0 aliphatic carbocycles. The average Bonchev–Trinajstić information content (AvgIpc) is 3.05. The minimum atomic E-state index is -3.56. The third kappa shape index (κ3) is 6.15. The van der Waals surface area contributed by atoms with Crippen molar-refractivity contribution in [3.05, 3.63) is 18.3 Å². The van der Waals surface area contributed by atoms with Crippen molar-refractivity contribution in [2.24, 2.45) is 0 Å². The summed E-state index contributed by atoms with van der Waals surface area (Å²) < 4.78 is 49.4. The van der Waals surface area contributed by atoms with E-state index in [-0.39, 0.29) is 22.2 Å². The first-order valence-corrected chi connectivity index (χ1v) is 13.8. The standard InChI is InChI=1S/C17H24N4O6S3/c22-15(20-17(23)19-13-6-9-29(24,25)12-13)11-28-16-5-4-14(10-18-16)30(26,27)21-7-2-1-3-8-21/h4-5,10,13H,1-3,6-9,11-12H2,(H2,19,20,22,23). The van der Waals surface area contributed by atoms with E-state index in [9.17, 15) is 26.4 Å². The summed E-state index contributed by atoms with van der Waals surface area (Å²) in [4.78, 5) is 27.9. The van der Waals surface area contributed by atoms with Gasteiger partial charge in [-0.25, -0.2) is 26.6 Å². The van der Waals surface area contributed by atoms with Crippen molar-refractivity contribution in [2.45, 2.75) is 41.6 Å². The number of imide groups is 1. The van der Waals surface area contributed by atoms with E-state index in [1.807, 2.05) is 0 Å². The van der Waals surface area contributed by atoms with Crippen molar-refractivity contribution in [1.29, 1.82) is 0 Å². The SMILES string of the molecule is O=C(CSc1ccc(S(=O)(=O)N2CCCCC2)cn1)NC(=O)NC1CCS(=O)(=O)C1. The summed E-state index contributed by atoms with van der Waals surface area (Å²) >= 11 is 1.06. The van der Waals surface area contributed by atoms with Crippen LogP contribution in [-0.4, -0.2) is 74.5 Å². The molecule has 0 radical (unpaired) electrons. The molecule has 10 nitrogen and oxygen atoms in total. The molecule has 0 spiro atoms. The second kappa shape index (κ2) is 9.62. The largest absolute Gasteiger partial charge is 0.334 e. The Balaban J connectivity index is 1.46. The number of nitrogens with zero attached hydrogens (tertiary/aromatic N) is 2. The Kier molecular flexibility index (Phi) is 7.37. The van der Waals surface area contributed by atoms with Gasteiger partial charge < -0.3 is 5.32 Å². The zero-order valence-electron chi connectivity index (χ0n) is 16.2. The molecule has 30 heavy (non-hydrogen) atoms. The number of piperidine rings is 1. The maximum atomic E-state index is 12.6. The lowest BCUT2D eigenvalue weighted by atomic mass is 10.2. The van der Waals surface area contributed by atoms with Crippen LogP contribution < -0.4 is 10.6 Å². The molecule has 0 aromatic carbocycles. The van der Waals surface area contributed by atoms with Crippen molar-refractivity contribution in [3.63, 3.8) is 0 Å². The van der Waals surface area contributed by atoms with E-state index in [1.54, 1.807) is 0 Å². The molecule has 2 N–H and O–H groups in total. The van der Waals surface area contributed by atoms with Gasteiger partial charge in [0.2, 0.25) is 15.9 Å². The first-order chi connectivity index (χ1) is 14.2. The van der Waals surface area contributed by atoms with Gasteiger partial charge in [-0.2, -0.15) is 4.31 Å². The molecule has 2 fully saturated rings. The Morgan fingerprint density at radius 3 is 2.53 bits per heavy atom. The number of pyridine rings is 1. The van der Waals surface area contributed by atoms with Gasteiger partial charge in [-0.1, -0.05) is 18.2 Å². The second-order valence-corrected chi connectivity index (χ2v) is 12.4. The van der Waals surface area contributed by atoms with Crippen LogP contribution in [0.2, 0.25) is 0 Å². The van der Waals surface area contributed by atoms with Gasteiger partial charge in [0.05, 0.1) is 22.3 Å². The van der Waals surface area contributed by atoms with Gasteiger partial charge in [0.1, 0.15) is 4.90 Å². The summed E-state index contributed by atoms with van der Waals surface area (Å²) in [5.41, 5.74) is 0. The number of hydrogen-bond acceptors (Lipinski definition) is 8. The number of urea groups is 1. The highest BCUT2D eigenvalue weighted by Gasteiger charge is 2.29. The van der Waals surface area contributed by atoms with Crippen LogP contribution >= 0.6 is 11.8 Å². The number of amides is 3. The zero-order valence-corrected chi connectivity index (χ0v) is 18.7.